The highest BCUT2D eigenvalue weighted by Gasteiger charge is 2.09. The number of nitriles is 1. The maximum Gasteiger partial charge on any atom is 0.238 e. The molecule has 0 aliphatic rings. The minimum atomic E-state index is -0.323. The number of anilines is 1. The Morgan fingerprint density at radius 2 is 2.04 bits per heavy atom. The first-order valence-corrected chi connectivity index (χ1v) is 8.45. The Balaban J connectivity index is 1.85. The summed E-state index contributed by atoms with van der Waals surface area (Å²) in [6.45, 7) is 0. The van der Waals surface area contributed by atoms with Gasteiger partial charge in [-0.15, -0.1) is 11.3 Å². The molecule has 25 heavy (non-hydrogen) atoms. The molecule has 1 heterocycles. The third-order valence-corrected chi connectivity index (χ3v) is 4.39. The summed E-state index contributed by atoms with van der Waals surface area (Å²) in [6.07, 6.45) is -0.165. The maximum atomic E-state index is 11.6. The fraction of sp³-hybridized carbons (Fsp3) is 0.105. The molecule has 0 fully saturated rings. The molecule has 3 aromatic rings. The summed E-state index contributed by atoms with van der Waals surface area (Å²) in [4.78, 5) is 16.2. The Morgan fingerprint density at radius 3 is 2.84 bits per heavy atom. The molecule has 0 saturated heterocycles. The molecular weight excluding hydrogens is 334 g/mol. The van der Waals surface area contributed by atoms with Crippen LogP contribution in [0, 0.1) is 11.3 Å². The van der Waals surface area contributed by atoms with Crippen LogP contribution in [0.4, 0.5) is 5.69 Å². The second-order valence-corrected chi connectivity index (χ2v) is 6.09. The van der Waals surface area contributed by atoms with E-state index in [9.17, 15) is 4.79 Å². The lowest BCUT2D eigenvalue weighted by molar-refractivity contribution is -0.115. The first-order valence-electron chi connectivity index (χ1n) is 7.57. The number of ether oxygens (including phenoxy) is 1. The number of thiazole rings is 1. The number of hydrogen-bond donors (Lipinski definition) is 1. The number of nitrogens with zero attached hydrogens (tertiary/aromatic N) is 2. The zero-order valence-corrected chi connectivity index (χ0v) is 14.3. The van der Waals surface area contributed by atoms with Gasteiger partial charge in [0.1, 0.15) is 17.2 Å². The SMILES string of the molecule is COc1cccc(-c2csc(-c3cccc(NC(=O)CC#N)c3)n2)c1. The second kappa shape index (κ2) is 7.60. The van der Waals surface area contributed by atoms with Gasteiger partial charge in [-0.25, -0.2) is 4.98 Å². The molecule has 1 amide bonds. The third-order valence-electron chi connectivity index (χ3n) is 3.50. The molecule has 6 heteroatoms. The van der Waals surface area contributed by atoms with E-state index in [1.807, 2.05) is 53.9 Å². The predicted octanol–water partition coefficient (Wildman–Crippen LogP) is 4.34. The van der Waals surface area contributed by atoms with E-state index in [1.54, 1.807) is 13.2 Å². The predicted molar refractivity (Wildman–Crippen MR) is 98.4 cm³/mol. The topological polar surface area (TPSA) is 75.0 Å². The van der Waals surface area contributed by atoms with E-state index in [0.29, 0.717) is 5.69 Å². The Morgan fingerprint density at radius 1 is 1.24 bits per heavy atom. The minimum Gasteiger partial charge on any atom is -0.497 e. The van der Waals surface area contributed by atoms with Crippen LogP contribution >= 0.6 is 11.3 Å². The van der Waals surface area contributed by atoms with Gasteiger partial charge in [0.25, 0.3) is 0 Å². The molecule has 2 aromatic carbocycles. The maximum absolute atomic E-state index is 11.6. The van der Waals surface area contributed by atoms with Gasteiger partial charge in [0.05, 0.1) is 18.9 Å². The molecule has 0 aliphatic carbocycles. The highest BCUT2D eigenvalue weighted by atomic mass is 32.1. The van der Waals surface area contributed by atoms with Crippen LogP contribution in [-0.2, 0) is 4.79 Å². The first-order chi connectivity index (χ1) is 12.2. The van der Waals surface area contributed by atoms with Gasteiger partial charge < -0.3 is 10.1 Å². The Bertz CT molecular complexity index is 944. The lowest BCUT2D eigenvalue weighted by Crippen LogP contribution is -2.09. The summed E-state index contributed by atoms with van der Waals surface area (Å²) in [5.74, 6) is 0.463. The molecule has 0 bridgehead atoms. The second-order valence-electron chi connectivity index (χ2n) is 5.23. The standard InChI is InChI=1S/C19H15N3O2S/c1-24-16-7-3-4-13(11-16)17-12-25-19(22-17)14-5-2-6-15(10-14)21-18(23)8-9-20/h2-7,10-12H,8H2,1H3,(H,21,23). The number of rotatable bonds is 5. The Hall–Kier alpha value is -3.17. The number of carbonyl (C=O) groups is 1. The molecule has 0 saturated carbocycles. The molecule has 1 N–H and O–H groups in total. The van der Waals surface area contributed by atoms with Crippen LogP contribution in [0.15, 0.2) is 53.9 Å². The molecule has 0 radical (unpaired) electrons. The van der Waals surface area contributed by atoms with Gasteiger partial charge >= 0.3 is 0 Å². The summed E-state index contributed by atoms with van der Waals surface area (Å²) in [5, 5.41) is 14.1. The van der Waals surface area contributed by atoms with Crippen molar-refractivity contribution in [2.45, 2.75) is 6.42 Å². The third kappa shape index (κ3) is 4.03. The number of nitrogens with one attached hydrogen (secondary N) is 1. The van der Waals surface area contributed by atoms with Crippen LogP contribution < -0.4 is 10.1 Å². The lowest BCUT2D eigenvalue weighted by atomic mass is 10.1. The van der Waals surface area contributed by atoms with Gasteiger partial charge in [-0.3, -0.25) is 4.79 Å². The van der Waals surface area contributed by atoms with E-state index in [-0.39, 0.29) is 12.3 Å². The highest BCUT2D eigenvalue weighted by molar-refractivity contribution is 7.13. The lowest BCUT2D eigenvalue weighted by Gasteiger charge is -2.04. The van der Waals surface area contributed by atoms with Crippen LogP contribution in [0.1, 0.15) is 6.42 Å². The van der Waals surface area contributed by atoms with E-state index in [2.05, 4.69) is 10.3 Å². The summed E-state index contributed by atoms with van der Waals surface area (Å²) >= 11 is 1.53. The molecular formula is C19H15N3O2S. The van der Waals surface area contributed by atoms with Crippen LogP contribution in [0.3, 0.4) is 0 Å². The van der Waals surface area contributed by atoms with E-state index in [4.69, 9.17) is 10.00 Å². The smallest absolute Gasteiger partial charge is 0.238 e. The zero-order valence-electron chi connectivity index (χ0n) is 13.5. The fourth-order valence-corrected chi connectivity index (χ4v) is 3.15. The van der Waals surface area contributed by atoms with E-state index in [1.165, 1.54) is 11.3 Å². The van der Waals surface area contributed by atoms with Gasteiger partial charge in [-0.1, -0.05) is 24.3 Å². The number of aromatic nitrogens is 1. The molecule has 124 valence electrons. The van der Waals surface area contributed by atoms with E-state index < -0.39 is 0 Å². The molecule has 3 rings (SSSR count). The molecule has 0 aliphatic heterocycles. The number of methoxy groups -OCH3 is 1. The summed E-state index contributed by atoms with van der Waals surface area (Å²) < 4.78 is 5.25. The van der Waals surface area contributed by atoms with Crippen LogP contribution in [0.25, 0.3) is 21.8 Å². The van der Waals surface area contributed by atoms with Crippen molar-refractivity contribution >= 4 is 22.9 Å². The first kappa shape index (κ1) is 16.7. The van der Waals surface area contributed by atoms with Gasteiger partial charge in [0.2, 0.25) is 5.91 Å². The van der Waals surface area contributed by atoms with Crippen molar-refractivity contribution in [2.24, 2.45) is 0 Å². The zero-order chi connectivity index (χ0) is 17.6. The van der Waals surface area contributed by atoms with Gasteiger partial charge in [-0.05, 0) is 24.3 Å². The van der Waals surface area contributed by atoms with Crippen LogP contribution in [0.2, 0.25) is 0 Å². The summed E-state index contributed by atoms with van der Waals surface area (Å²) in [6, 6.07) is 17.0. The minimum absolute atomic E-state index is 0.165. The Labute approximate surface area is 149 Å². The normalized spacial score (nSPS) is 10.1. The molecule has 1 aromatic heterocycles. The largest absolute Gasteiger partial charge is 0.497 e. The Kier molecular flexibility index (Phi) is 5.07. The van der Waals surface area contributed by atoms with Crippen molar-refractivity contribution in [1.29, 1.82) is 5.26 Å². The van der Waals surface area contributed by atoms with Gasteiger partial charge in [-0.2, -0.15) is 5.26 Å². The van der Waals surface area contributed by atoms with Crippen molar-refractivity contribution in [3.63, 3.8) is 0 Å². The summed E-state index contributed by atoms with van der Waals surface area (Å²) in [5.41, 5.74) is 3.42. The quantitative estimate of drug-likeness (QED) is 0.743. The molecule has 0 unspecified atom stereocenters. The van der Waals surface area contributed by atoms with Crippen molar-refractivity contribution in [3.8, 4) is 33.6 Å². The highest BCUT2D eigenvalue weighted by Crippen LogP contribution is 2.31. The number of carbonyl (C=O) groups excluding carboxylic acids is 1. The van der Waals surface area contributed by atoms with Crippen molar-refractivity contribution < 1.29 is 9.53 Å². The fourth-order valence-electron chi connectivity index (χ4n) is 2.33. The number of benzene rings is 2. The van der Waals surface area contributed by atoms with Crippen molar-refractivity contribution in [1.82, 2.24) is 4.98 Å². The average molecular weight is 349 g/mol. The molecule has 0 atom stereocenters. The molecule has 0 spiro atoms. The van der Waals surface area contributed by atoms with E-state index in [0.717, 1.165) is 27.6 Å². The molecule has 5 nitrogen and oxygen atoms in total. The van der Waals surface area contributed by atoms with Gasteiger partial charge in [0, 0.05) is 22.2 Å². The van der Waals surface area contributed by atoms with Crippen LogP contribution in [-0.4, -0.2) is 18.0 Å². The van der Waals surface area contributed by atoms with Crippen LogP contribution in [0.5, 0.6) is 5.75 Å². The van der Waals surface area contributed by atoms with Crippen molar-refractivity contribution in [3.05, 3.63) is 53.9 Å². The van der Waals surface area contributed by atoms with Crippen molar-refractivity contribution in [2.75, 3.05) is 12.4 Å². The number of amides is 1. The summed E-state index contributed by atoms with van der Waals surface area (Å²) in [7, 11) is 1.64. The average Bonchev–Trinajstić information content (AvgIpc) is 3.12. The van der Waals surface area contributed by atoms with E-state index >= 15 is 0 Å². The van der Waals surface area contributed by atoms with Gasteiger partial charge in [0.15, 0.2) is 0 Å². The number of hydrogen-bond acceptors (Lipinski definition) is 5. The monoisotopic (exact) mass is 349 g/mol.